The molecular formula is C26H20Cl3N3O4. The van der Waals surface area contributed by atoms with E-state index in [0.29, 0.717) is 39.5 Å². The highest BCUT2D eigenvalue weighted by Gasteiger charge is 2.38. The lowest BCUT2D eigenvalue weighted by molar-refractivity contribution is -0.120. The summed E-state index contributed by atoms with van der Waals surface area (Å²) in [5.41, 5.74) is 2.08. The third-order valence-electron chi connectivity index (χ3n) is 5.23. The average Bonchev–Trinajstić information content (AvgIpc) is 3.06. The van der Waals surface area contributed by atoms with Gasteiger partial charge in [0.05, 0.1) is 29.4 Å². The molecule has 3 aromatic rings. The van der Waals surface area contributed by atoms with Crippen molar-refractivity contribution in [3.63, 3.8) is 0 Å². The number of nitrogens with zero attached hydrogens (tertiary/aromatic N) is 1. The first-order valence-corrected chi connectivity index (χ1v) is 12.0. The maximum Gasteiger partial charge on any atom is 0.283 e. The fourth-order valence-electron chi connectivity index (χ4n) is 3.52. The molecule has 3 amide bonds. The number of hydrogen-bond acceptors (Lipinski definition) is 5. The molecule has 0 unspecified atom stereocenters. The van der Waals surface area contributed by atoms with E-state index in [-0.39, 0.29) is 23.1 Å². The predicted octanol–water partition coefficient (Wildman–Crippen LogP) is 6.01. The number of imide groups is 1. The number of carbonyl (C=O) groups excluding carboxylic acids is 3. The second-order valence-corrected chi connectivity index (χ2v) is 8.95. The smallest absolute Gasteiger partial charge is 0.283 e. The molecule has 4 rings (SSSR count). The van der Waals surface area contributed by atoms with Crippen LogP contribution >= 0.6 is 34.8 Å². The Kier molecular flexibility index (Phi) is 7.84. The summed E-state index contributed by atoms with van der Waals surface area (Å²) >= 11 is 18.2. The molecule has 7 nitrogen and oxygen atoms in total. The highest BCUT2D eigenvalue weighted by atomic mass is 35.5. The van der Waals surface area contributed by atoms with Gasteiger partial charge >= 0.3 is 0 Å². The number of benzene rings is 3. The van der Waals surface area contributed by atoms with Crippen molar-refractivity contribution in [2.24, 2.45) is 0 Å². The van der Waals surface area contributed by atoms with Crippen molar-refractivity contribution in [2.45, 2.75) is 13.3 Å². The van der Waals surface area contributed by atoms with Crippen molar-refractivity contribution in [1.82, 2.24) is 0 Å². The van der Waals surface area contributed by atoms with Crippen LogP contribution in [0.1, 0.15) is 12.5 Å². The third kappa shape index (κ3) is 5.65. The first-order valence-electron chi connectivity index (χ1n) is 10.9. The van der Waals surface area contributed by atoms with E-state index in [1.54, 1.807) is 66.7 Å². The first-order chi connectivity index (χ1) is 17.3. The molecule has 0 spiro atoms. The molecule has 1 aliphatic rings. The normalized spacial score (nSPS) is 13.3. The highest BCUT2D eigenvalue weighted by Crippen LogP contribution is 2.31. The third-order valence-corrected chi connectivity index (χ3v) is 6.12. The molecule has 0 fully saturated rings. The molecule has 36 heavy (non-hydrogen) atoms. The Hall–Kier alpha value is -3.52. The van der Waals surface area contributed by atoms with E-state index >= 15 is 0 Å². The van der Waals surface area contributed by atoms with Crippen LogP contribution in [-0.4, -0.2) is 24.3 Å². The van der Waals surface area contributed by atoms with Gasteiger partial charge in [0, 0.05) is 10.7 Å². The lowest BCUT2D eigenvalue weighted by atomic mass is 10.1. The molecule has 3 aromatic carbocycles. The number of halogens is 3. The Morgan fingerprint density at radius 2 is 1.61 bits per heavy atom. The Morgan fingerprint density at radius 3 is 2.25 bits per heavy atom. The van der Waals surface area contributed by atoms with Gasteiger partial charge in [-0.15, -0.1) is 0 Å². The fourth-order valence-corrected chi connectivity index (χ4v) is 4.19. The molecule has 0 radical (unpaired) electrons. The second kappa shape index (κ2) is 11.0. The zero-order valence-corrected chi connectivity index (χ0v) is 21.2. The summed E-state index contributed by atoms with van der Waals surface area (Å²) in [4.78, 5) is 39.0. The van der Waals surface area contributed by atoms with E-state index < -0.39 is 11.8 Å². The number of carbonyl (C=O) groups is 3. The molecule has 0 aliphatic carbocycles. The number of hydrogen-bond donors (Lipinski definition) is 2. The van der Waals surface area contributed by atoms with Crippen LogP contribution in [0.4, 0.5) is 17.1 Å². The molecule has 0 aromatic heterocycles. The zero-order valence-electron chi connectivity index (χ0n) is 19.0. The molecule has 1 aliphatic heterocycles. The number of rotatable bonds is 8. The van der Waals surface area contributed by atoms with Crippen molar-refractivity contribution in [3.05, 3.63) is 93.1 Å². The molecule has 0 bridgehead atoms. The number of amides is 3. The topological polar surface area (TPSA) is 87.7 Å². The van der Waals surface area contributed by atoms with Gasteiger partial charge in [-0.3, -0.25) is 14.4 Å². The van der Waals surface area contributed by atoms with Gasteiger partial charge < -0.3 is 15.4 Å². The van der Waals surface area contributed by atoms with E-state index in [0.717, 1.165) is 10.5 Å². The standard InChI is InChI=1S/C26H20Cl3N3O4/c1-2-36-19-10-8-18(9-11-19)32-25(34)23(29)24(26(32)35)30-17-6-3-15(4-7-17)13-22(33)31-21-12-5-16(27)14-20(21)28/h3-12,14,30H,2,13H2,1H3,(H,31,33). The van der Waals surface area contributed by atoms with Crippen molar-refractivity contribution in [2.75, 3.05) is 22.1 Å². The lowest BCUT2D eigenvalue weighted by Crippen LogP contribution is -2.32. The minimum atomic E-state index is -0.623. The van der Waals surface area contributed by atoms with Crippen molar-refractivity contribution < 1.29 is 19.1 Å². The van der Waals surface area contributed by atoms with Crippen LogP contribution in [0.3, 0.4) is 0 Å². The summed E-state index contributed by atoms with van der Waals surface area (Å²) in [6.45, 7) is 2.37. The highest BCUT2D eigenvalue weighted by molar-refractivity contribution is 6.53. The van der Waals surface area contributed by atoms with Crippen molar-refractivity contribution >= 4 is 69.6 Å². The van der Waals surface area contributed by atoms with Crippen LogP contribution in [0.2, 0.25) is 10.0 Å². The van der Waals surface area contributed by atoms with Gasteiger partial charge in [0.2, 0.25) is 5.91 Å². The molecule has 10 heteroatoms. The van der Waals surface area contributed by atoms with Crippen molar-refractivity contribution in [3.8, 4) is 5.75 Å². The average molecular weight is 545 g/mol. The number of ether oxygens (including phenoxy) is 1. The minimum absolute atomic E-state index is 0.0292. The van der Waals surface area contributed by atoms with E-state index in [2.05, 4.69) is 10.6 Å². The number of nitrogens with one attached hydrogen (secondary N) is 2. The van der Waals surface area contributed by atoms with Gasteiger partial charge in [-0.2, -0.15) is 0 Å². The van der Waals surface area contributed by atoms with Crippen LogP contribution in [-0.2, 0) is 20.8 Å². The zero-order chi connectivity index (χ0) is 25.8. The Morgan fingerprint density at radius 1 is 0.917 bits per heavy atom. The SMILES string of the molecule is CCOc1ccc(N2C(=O)C(Cl)=C(Nc3ccc(CC(=O)Nc4ccc(Cl)cc4Cl)cc3)C2=O)cc1. The van der Waals surface area contributed by atoms with E-state index in [4.69, 9.17) is 39.5 Å². The monoisotopic (exact) mass is 543 g/mol. The van der Waals surface area contributed by atoms with E-state index in [1.165, 1.54) is 0 Å². The van der Waals surface area contributed by atoms with Gasteiger partial charge in [0.15, 0.2) is 0 Å². The van der Waals surface area contributed by atoms with Gasteiger partial charge in [-0.25, -0.2) is 4.90 Å². The van der Waals surface area contributed by atoms with Gasteiger partial charge in [0.1, 0.15) is 16.5 Å². The van der Waals surface area contributed by atoms with Crippen LogP contribution in [0.15, 0.2) is 77.5 Å². The summed E-state index contributed by atoms with van der Waals surface area (Å²) in [6.07, 6.45) is 0.103. The summed E-state index contributed by atoms with van der Waals surface area (Å²) in [7, 11) is 0. The quantitative estimate of drug-likeness (QED) is 0.339. The van der Waals surface area contributed by atoms with Crippen LogP contribution in [0.25, 0.3) is 0 Å². The van der Waals surface area contributed by atoms with Crippen LogP contribution < -0.4 is 20.3 Å². The largest absolute Gasteiger partial charge is 0.494 e. The molecule has 184 valence electrons. The fraction of sp³-hybridized carbons (Fsp3) is 0.115. The Labute approximate surface area is 222 Å². The van der Waals surface area contributed by atoms with E-state index in [9.17, 15) is 14.4 Å². The summed E-state index contributed by atoms with van der Waals surface area (Å²) in [5, 5.41) is 6.26. The molecule has 0 atom stereocenters. The maximum atomic E-state index is 13.0. The van der Waals surface area contributed by atoms with Crippen molar-refractivity contribution in [1.29, 1.82) is 0 Å². The molecule has 0 saturated carbocycles. The Bertz CT molecular complexity index is 1360. The second-order valence-electron chi connectivity index (χ2n) is 7.73. The molecular weight excluding hydrogens is 525 g/mol. The van der Waals surface area contributed by atoms with Gasteiger partial charge in [0.25, 0.3) is 11.8 Å². The minimum Gasteiger partial charge on any atom is -0.494 e. The van der Waals surface area contributed by atoms with Crippen LogP contribution in [0, 0.1) is 0 Å². The first kappa shape index (κ1) is 25.6. The summed E-state index contributed by atoms with van der Waals surface area (Å²) in [6, 6.07) is 18.2. The molecule has 1 heterocycles. The molecule has 2 N–H and O–H groups in total. The summed E-state index contributed by atoms with van der Waals surface area (Å²) in [5.74, 6) is -0.823. The Balaban J connectivity index is 1.40. The van der Waals surface area contributed by atoms with Gasteiger partial charge in [-0.1, -0.05) is 46.9 Å². The van der Waals surface area contributed by atoms with Gasteiger partial charge in [-0.05, 0) is 67.1 Å². The molecule has 0 saturated heterocycles. The predicted molar refractivity (Wildman–Crippen MR) is 142 cm³/mol. The van der Waals surface area contributed by atoms with Crippen LogP contribution in [0.5, 0.6) is 5.75 Å². The lowest BCUT2D eigenvalue weighted by Gasteiger charge is -2.15. The summed E-state index contributed by atoms with van der Waals surface area (Å²) < 4.78 is 5.40. The van der Waals surface area contributed by atoms with E-state index in [1.807, 2.05) is 6.92 Å². The number of anilines is 3. The maximum absolute atomic E-state index is 13.0.